The molecule has 0 aliphatic rings. The highest BCUT2D eigenvalue weighted by molar-refractivity contribution is 9.10. The minimum Gasteiger partial charge on any atom is -0.439 e. The van der Waals surface area contributed by atoms with Gasteiger partial charge >= 0.3 is 0 Å². The minimum absolute atomic E-state index is 0.343. The maximum absolute atomic E-state index is 5.54. The van der Waals surface area contributed by atoms with Crippen LogP contribution in [0.15, 0.2) is 21.0 Å². The van der Waals surface area contributed by atoms with Crippen LogP contribution in [0.1, 0.15) is 18.4 Å². The second-order valence-electron chi connectivity index (χ2n) is 3.08. The molecule has 2 rings (SSSR count). The molecule has 0 aliphatic carbocycles. The van der Waals surface area contributed by atoms with Crippen molar-refractivity contribution >= 4 is 27.0 Å². The molecule has 1 heterocycles. The first-order valence-corrected chi connectivity index (χ1v) is 5.31. The van der Waals surface area contributed by atoms with Gasteiger partial charge in [0.05, 0.1) is 6.54 Å². The van der Waals surface area contributed by atoms with Crippen molar-refractivity contribution in [2.45, 2.75) is 19.9 Å². The summed E-state index contributed by atoms with van der Waals surface area (Å²) in [6, 6.07) is 3.99. The van der Waals surface area contributed by atoms with E-state index in [1.807, 2.05) is 12.1 Å². The van der Waals surface area contributed by atoms with Gasteiger partial charge in [-0.25, -0.2) is 4.98 Å². The standard InChI is InChI=1S/C10H11BrN2O/c1-2-6-3-7(11)4-8-10(6)14-9(5-12)13-8/h3-4H,2,5,12H2,1H3. The number of nitrogens with two attached hydrogens (primary N) is 1. The zero-order valence-electron chi connectivity index (χ0n) is 7.88. The van der Waals surface area contributed by atoms with Crippen molar-refractivity contribution in [1.82, 2.24) is 4.98 Å². The summed E-state index contributed by atoms with van der Waals surface area (Å²) in [4.78, 5) is 4.28. The van der Waals surface area contributed by atoms with Crippen LogP contribution >= 0.6 is 15.9 Å². The van der Waals surface area contributed by atoms with Gasteiger partial charge in [-0.15, -0.1) is 0 Å². The highest BCUT2D eigenvalue weighted by Crippen LogP contribution is 2.25. The highest BCUT2D eigenvalue weighted by Gasteiger charge is 2.09. The van der Waals surface area contributed by atoms with Gasteiger partial charge in [-0.3, -0.25) is 0 Å². The quantitative estimate of drug-likeness (QED) is 0.897. The Morgan fingerprint density at radius 2 is 2.29 bits per heavy atom. The first-order valence-electron chi connectivity index (χ1n) is 4.52. The molecule has 2 aromatic rings. The van der Waals surface area contributed by atoms with Crippen molar-refractivity contribution in [1.29, 1.82) is 0 Å². The molecule has 0 saturated carbocycles. The van der Waals surface area contributed by atoms with Crippen LogP contribution in [0.4, 0.5) is 0 Å². The Balaban J connectivity index is 2.71. The first kappa shape index (κ1) is 9.68. The summed E-state index contributed by atoms with van der Waals surface area (Å²) in [5, 5.41) is 0. The molecule has 0 aliphatic heterocycles. The number of nitrogens with zero attached hydrogens (tertiary/aromatic N) is 1. The maximum atomic E-state index is 5.54. The van der Waals surface area contributed by atoms with Crippen LogP contribution in [0.5, 0.6) is 0 Å². The number of oxazole rings is 1. The van der Waals surface area contributed by atoms with Gasteiger partial charge in [0.25, 0.3) is 0 Å². The molecule has 3 nitrogen and oxygen atoms in total. The van der Waals surface area contributed by atoms with E-state index in [9.17, 15) is 0 Å². The minimum atomic E-state index is 0.343. The topological polar surface area (TPSA) is 52.0 Å². The molecule has 0 radical (unpaired) electrons. The van der Waals surface area contributed by atoms with Crippen LogP contribution in [0, 0.1) is 0 Å². The summed E-state index contributed by atoms with van der Waals surface area (Å²) < 4.78 is 6.56. The molecular weight excluding hydrogens is 244 g/mol. The van der Waals surface area contributed by atoms with Crippen molar-refractivity contribution < 1.29 is 4.42 Å². The average molecular weight is 255 g/mol. The van der Waals surface area contributed by atoms with E-state index in [4.69, 9.17) is 10.2 Å². The number of aromatic nitrogens is 1. The third-order valence-corrected chi connectivity index (χ3v) is 2.59. The van der Waals surface area contributed by atoms with E-state index in [2.05, 4.69) is 27.8 Å². The van der Waals surface area contributed by atoms with Crippen molar-refractivity contribution in [3.05, 3.63) is 28.1 Å². The lowest BCUT2D eigenvalue weighted by Crippen LogP contribution is -1.94. The number of benzene rings is 1. The van der Waals surface area contributed by atoms with Crippen LogP contribution in [0.25, 0.3) is 11.1 Å². The third kappa shape index (κ3) is 1.55. The van der Waals surface area contributed by atoms with Crippen LogP contribution < -0.4 is 5.73 Å². The molecule has 0 spiro atoms. The van der Waals surface area contributed by atoms with Crippen molar-refractivity contribution in [2.24, 2.45) is 5.73 Å². The van der Waals surface area contributed by atoms with Gasteiger partial charge in [-0.2, -0.15) is 0 Å². The predicted octanol–water partition coefficient (Wildman–Crippen LogP) is 2.61. The monoisotopic (exact) mass is 254 g/mol. The molecular formula is C10H11BrN2O. The number of hydrogen-bond acceptors (Lipinski definition) is 3. The van der Waals surface area contributed by atoms with Crippen molar-refractivity contribution in [2.75, 3.05) is 0 Å². The van der Waals surface area contributed by atoms with Gasteiger partial charge in [-0.1, -0.05) is 22.9 Å². The molecule has 0 atom stereocenters. The van der Waals surface area contributed by atoms with Crippen molar-refractivity contribution in [3.63, 3.8) is 0 Å². The summed E-state index contributed by atoms with van der Waals surface area (Å²) in [5.41, 5.74) is 8.36. The fourth-order valence-corrected chi connectivity index (χ4v) is 1.95. The number of rotatable bonds is 2. The second kappa shape index (κ2) is 3.71. The lowest BCUT2D eigenvalue weighted by atomic mass is 10.1. The van der Waals surface area contributed by atoms with Crippen LogP contribution in [-0.4, -0.2) is 4.98 Å². The number of hydrogen-bond donors (Lipinski definition) is 1. The van der Waals surface area contributed by atoms with Crippen molar-refractivity contribution in [3.8, 4) is 0 Å². The van der Waals surface area contributed by atoms with E-state index >= 15 is 0 Å². The van der Waals surface area contributed by atoms with E-state index in [1.54, 1.807) is 0 Å². The molecule has 14 heavy (non-hydrogen) atoms. The van der Waals surface area contributed by atoms with Gasteiger partial charge < -0.3 is 10.2 Å². The van der Waals surface area contributed by atoms with E-state index in [0.29, 0.717) is 12.4 Å². The zero-order chi connectivity index (χ0) is 10.1. The van der Waals surface area contributed by atoms with E-state index in [0.717, 1.165) is 27.6 Å². The molecule has 74 valence electrons. The van der Waals surface area contributed by atoms with E-state index < -0.39 is 0 Å². The Bertz CT molecular complexity index is 464. The van der Waals surface area contributed by atoms with Gasteiger partial charge in [-0.05, 0) is 24.1 Å². The molecule has 0 bridgehead atoms. The second-order valence-corrected chi connectivity index (χ2v) is 3.99. The smallest absolute Gasteiger partial charge is 0.209 e. The molecule has 0 fully saturated rings. The van der Waals surface area contributed by atoms with Gasteiger partial charge in [0.2, 0.25) is 5.89 Å². The molecule has 0 amide bonds. The first-order chi connectivity index (χ1) is 6.74. The number of fused-ring (bicyclic) bond motifs is 1. The lowest BCUT2D eigenvalue weighted by molar-refractivity contribution is 0.530. The summed E-state index contributed by atoms with van der Waals surface area (Å²) in [5.74, 6) is 0.591. The third-order valence-electron chi connectivity index (χ3n) is 2.13. The van der Waals surface area contributed by atoms with Gasteiger partial charge in [0.1, 0.15) is 5.52 Å². The average Bonchev–Trinajstić information content (AvgIpc) is 2.59. The van der Waals surface area contributed by atoms with E-state index in [1.165, 1.54) is 0 Å². The number of halogens is 1. The Kier molecular flexibility index (Phi) is 2.56. The zero-order valence-corrected chi connectivity index (χ0v) is 9.47. The Morgan fingerprint density at radius 1 is 1.50 bits per heavy atom. The normalized spacial score (nSPS) is 11.1. The Hall–Kier alpha value is -0.870. The van der Waals surface area contributed by atoms with Crippen LogP contribution in [-0.2, 0) is 13.0 Å². The summed E-state index contributed by atoms with van der Waals surface area (Å²) in [6.45, 7) is 2.43. The fraction of sp³-hybridized carbons (Fsp3) is 0.300. The lowest BCUT2D eigenvalue weighted by Gasteiger charge is -1.97. The SMILES string of the molecule is CCc1cc(Br)cc2nc(CN)oc12. The molecule has 4 heteroatoms. The van der Waals surface area contributed by atoms with Gasteiger partial charge in [0.15, 0.2) is 5.58 Å². The summed E-state index contributed by atoms with van der Waals surface area (Å²) in [7, 11) is 0. The summed E-state index contributed by atoms with van der Waals surface area (Å²) >= 11 is 3.44. The Labute approximate surface area is 90.4 Å². The summed E-state index contributed by atoms with van der Waals surface area (Å²) in [6.07, 6.45) is 0.926. The van der Waals surface area contributed by atoms with Crippen LogP contribution in [0.2, 0.25) is 0 Å². The highest BCUT2D eigenvalue weighted by atomic mass is 79.9. The largest absolute Gasteiger partial charge is 0.439 e. The van der Waals surface area contributed by atoms with Crippen LogP contribution in [0.3, 0.4) is 0 Å². The molecule has 2 N–H and O–H groups in total. The number of aryl methyl sites for hydroxylation is 1. The predicted molar refractivity (Wildman–Crippen MR) is 59.0 cm³/mol. The fourth-order valence-electron chi connectivity index (χ4n) is 1.46. The molecule has 0 unspecified atom stereocenters. The Morgan fingerprint density at radius 3 is 2.93 bits per heavy atom. The van der Waals surface area contributed by atoms with Gasteiger partial charge in [0, 0.05) is 4.47 Å². The van der Waals surface area contributed by atoms with E-state index in [-0.39, 0.29) is 0 Å². The molecule has 1 aromatic carbocycles. The molecule has 0 saturated heterocycles. The molecule has 1 aromatic heterocycles. The maximum Gasteiger partial charge on any atom is 0.209 e.